The first-order valence-electron chi connectivity index (χ1n) is 16.4. The first-order chi connectivity index (χ1) is 27.4. The Kier molecular flexibility index (Phi) is 10.6. The van der Waals surface area contributed by atoms with Crippen LogP contribution in [0.2, 0.25) is 0 Å². The number of aromatic carboxylic acids is 5. The third-order valence-corrected chi connectivity index (χ3v) is 8.66. The lowest BCUT2D eigenvalue weighted by Gasteiger charge is -2.15. The first-order valence-corrected chi connectivity index (χ1v) is 17.2. The number of rotatable bonds is 13. The van der Waals surface area contributed by atoms with Gasteiger partial charge in [0.1, 0.15) is 5.01 Å². The van der Waals surface area contributed by atoms with Crippen molar-refractivity contribution in [3.63, 3.8) is 0 Å². The predicted molar refractivity (Wildman–Crippen MR) is 204 cm³/mol. The second kappa shape index (κ2) is 15.5. The summed E-state index contributed by atoms with van der Waals surface area (Å²) in [4.78, 5) is 72.0. The summed E-state index contributed by atoms with van der Waals surface area (Å²) in [5, 5.41) is 75.0. The molecule has 0 aliphatic carbocycles. The SMILES string of the molecule is CC(C)(C)c1nn(-c2nc(Nc3cc(C(=O)O)cc(C(=O)O)c3)nc(Nc3cc(C(=O)O)cc(C(=O)O)c3)n2)c(N)c1/N=N/c1nnc(-c2ccccc2C(=O)O)s1. The summed E-state index contributed by atoms with van der Waals surface area (Å²) in [6.45, 7) is 5.42. The van der Waals surface area contributed by atoms with Crippen LogP contribution in [0, 0.1) is 0 Å². The topological polar surface area (TPSA) is 344 Å². The Morgan fingerprint density at radius 1 is 0.690 bits per heavy atom. The summed E-state index contributed by atoms with van der Waals surface area (Å²) in [5.74, 6) is -7.94. The maximum Gasteiger partial charge on any atom is 0.336 e. The summed E-state index contributed by atoms with van der Waals surface area (Å²) in [7, 11) is 0. The molecular formula is C35H28N12O10S. The largest absolute Gasteiger partial charge is 0.478 e. The van der Waals surface area contributed by atoms with Crippen molar-refractivity contribution in [2.24, 2.45) is 10.2 Å². The van der Waals surface area contributed by atoms with Crippen LogP contribution in [0.5, 0.6) is 0 Å². The van der Waals surface area contributed by atoms with Gasteiger partial charge in [-0.25, -0.2) is 24.0 Å². The van der Waals surface area contributed by atoms with Crippen molar-refractivity contribution < 1.29 is 49.5 Å². The zero-order chi connectivity index (χ0) is 42.1. The molecule has 0 aliphatic rings. The molecule has 9 N–H and O–H groups in total. The maximum atomic E-state index is 11.8. The Labute approximate surface area is 328 Å². The minimum atomic E-state index is -1.42. The number of hydrogen-bond donors (Lipinski definition) is 8. The molecule has 0 saturated heterocycles. The summed E-state index contributed by atoms with van der Waals surface area (Å²) in [6, 6.07) is 12.6. The average molecular weight is 809 g/mol. The summed E-state index contributed by atoms with van der Waals surface area (Å²) in [5.41, 5.74) is 4.90. The molecule has 0 saturated carbocycles. The van der Waals surface area contributed by atoms with Crippen LogP contribution in [0.15, 0.2) is 70.9 Å². The molecule has 294 valence electrons. The third-order valence-electron chi connectivity index (χ3n) is 7.82. The van der Waals surface area contributed by atoms with Crippen molar-refractivity contribution in [2.75, 3.05) is 16.4 Å². The van der Waals surface area contributed by atoms with Gasteiger partial charge >= 0.3 is 29.8 Å². The van der Waals surface area contributed by atoms with E-state index < -0.39 is 35.3 Å². The van der Waals surface area contributed by atoms with Crippen LogP contribution in [0.4, 0.5) is 39.9 Å². The fraction of sp³-hybridized carbons (Fsp3) is 0.114. The minimum Gasteiger partial charge on any atom is -0.478 e. The smallest absolute Gasteiger partial charge is 0.336 e. The number of anilines is 5. The molecule has 0 aliphatic heterocycles. The second-order valence-corrected chi connectivity index (χ2v) is 14.0. The molecule has 0 radical (unpaired) electrons. The highest BCUT2D eigenvalue weighted by Gasteiger charge is 2.29. The number of nitrogens with two attached hydrogens (primary N) is 1. The third kappa shape index (κ3) is 8.52. The number of carbonyl (C=O) groups is 5. The Balaban J connectivity index is 1.47. The Morgan fingerprint density at radius 2 is 1.19 bits per heavy atom. The van der Waals surface area contributed by atoms with E-state index in [0.29, 0.717) is 11.3 Å². The highest BCUT2D eigenvalue weighted by atomic mass is 32.1. The highest BCUT2D eigenvalue weighted by molar-refractivity contribution is 7.18. The molecule has 22 nitrogen and oxygen atoms in total. The zero-order valence-corrected chi connectivity index (χ0v) is 30.9. The van der Waals surface area contributed by atoms with Gasteiger partial charge in [-0.15, -0.1) is 20.4 Å². The number of azo groups is 1. The number of nitrogens with zero attached hydrogens (tertiary/aromatic N) is 9. The summed E-state index contributed by atoms with van der Waals surface area (Å²) >= 11 is 0.965. The van der Waals surface area contributed by atoms with E-state index in [2.05, 4.69) is 51.1 Å². The van der Waals surface area contributed by atoms with Crippen LogP contribution >= 0.6 is 11.3 Å². The van der Waals surface area contributed by atoms with Gasteiger partial charge in [0.15, 0.2) is 11.5 Å². The number of nitrogen functional groups attached to an aromatic ring is 1. The number of nitrogens with one attached hydrogen (secondary N) is 2. The van der Waals surface area contributed by atoms with E-state index in [1.807, 2.05) is 20.8 Å². The van der Waals surface area contributed by atoms with Gasteiger partial charge in [-0.05, 0) is 42.5 Å². The molecular weight excluding hydrogens is 781 g/mol. The molecule has 0 unspecified atom stereocenters. The molecule has 6 rings (SSSR count). The van der Waals surface area contributed by atoms with Gasteiger partial charge in [-0.2, -0.15) is 24.7 Å². The van der Waals surface area contributed by atoms with E-state index in [1.54, 1.807) is 18.2 Å². The van der Waals surface area contributed by atoms with Crippen molar-refractivity contribution in [1.82, 2.24) is 34.9 Å². The van der Waals surface area contributed by atoms with Gasteiger partial charge in [0.05, 0.1) is 33.5 Å². The molecule has 0 fully saturated rings. The molecule has 0 bridgehead atoms. The minimum absolute atomic E-state index is 0.0107. The lowest BCUT2D eigenvalue weighted by Crippen LogP contribution is -2.15. The van der Waals surface area contributed by atoms with Crippen LogP contribution in [0.25, 0.3) is 16.5 Å². The monoisotopic (exact) mass is 808 g/mol. The molecule has 0 spiro atoms. The van der Waals surface area contributed by atoms with Crippen LogP contribution in [-0.2, 0) is 5.41 Å². The van der Waals surface area contributed by atoms with Crippen molar-refractivity contribution in [1.29, 1.82) is 0 Å². The van der Waals surface area contributed by atoms with E-state index in [0.717, 1.165) is 52.4 Å². The predicted octanol–water partition coefficient (Wildman–Crippen LogP) is 5.85. The Bertz CT molecular complexity index is 2540. The Hall–Kier alpha value is -8.21. The van der Waals surface area contributed by atoms with E-state index in [4.69, 9.17) is 5.73 Å². The van der Waals surface area contributed by atoms with E-state index in [9.17, 15) is 49.5 Å². The van der Waals surface area contributed by atoms with Gasteiger partial charge in [0.2, 0.25) is 11.9 Å². The lowest BCUT2D eigenvalue weighted by molar-refractivity contribution is 0.0676. The van der Waals surface area contributed by atoms with E-state index in [-0.39, 0.29) is 78.7 Å². The zero-order valence-electron chi connectivity index (χ0n) is 30.1. The fourth-order valence-corrected chi connectivity index (χ4v) is 5.92. The number of hydrogen-bond acceptors (Lipinski definition) is 17. The number of carboxylic acid groups (broad SMARTS) is 5. The first kappa shape index (κ1) is 39.5. The highest BCUT2D eigenvalue weighted by Crippen LogP contribution is 2.39. The summed E-state index contributed by atoms with van der Waals surface area (Å²) in [6.07, 6.45) is 0. The lowest BCUT2D eigenvalue weighted by atomic mass is 9.91. The van der Waals surface area contributed by atoms with Crippen molar-refractivity contribution in [2.45, 2.75) is 26.2 Å². The molecule has 23 heteroatoms. The standard InChI is InChI=1S/C35H28N12O10S/c1-35(2,3)23-22(42-44-34-45-43-25(58-34)20-6-4-5-7-21(20)30(56)57)24(36)47(46-23)33-40-31(37-18-10-14(26(48)49)8-15(11-18)27(50)51)39-32(41-33)38-19-12-16(28(52)53)9-17(13-19)29(54)55/h4-13H,36H2,1-3H3,(H,48,49)(H,50,51)(H,52,53)(H,54,55)(H,56,57)(H2,37,38,39,40,41)/b44-42+. The molecule has 3 aromatic carbocycles. The van der Waals surface area contributed by atoms with Gasteiger partial charge in [0, 0.05) is 22.4 Å². The normalized spacial score (nSPS) is 11.4. The van der Waals surface area contributed by atoms with Crippen LogP contribution < -0.4 is 16.4 Å². The second-order valence-electron chi connectivity index (χ2n) is 13.0. The molecule has 6 aromatic rings. The average Bonchev–Trinajstić information content (AvgIpc) is 3.77. The van der Waals surface area contributed by atoms with Crippen LogP contribution in [0.3, 0.4) is 0 Å². The number of aromatic nitrogens is 7. The number of carboxylic acids is 5. The quantitative estimate of drug-likeness (QED) is 0.0634. The number of benzene rings is 3. The molecule has 3 heterocycles. The van der Waals surface area contributed by atoms with Gasteiger partial charge < -0.3 is 41.9 Å². The van der Waals surface area contributed by atoms with Crippen LogP contribution in [-0.4, -0.2) is 90.3 Å². The van der Waals surface area contributed by atoms with Crippen molar-refractivity contribution >= 4 is 81.1 Å². The molecule has 0 amide bonds. The summed E-state index contributed by atoms with van der Waals surface area (Å²) < 4.78 is 1.08. The van der Waals surface area contributed by atoms with E-state index >= 15 is 0 Å². The Morgan fingerprint density at radius 3 is 1.66 bits per heavy atom. The van der Waals surface area contributed by atoms with Gasteiger partial charge in [-0.1, -0.05) is 50.3 Å². The van der Waals surface area contributed by atoms with Crippen molar-refractivity contribution in [3.05, 3.63) is 94.2 Å². The van der Waals surface area contributed by atoms with Crippen molar-refractivity contribution in [3.8, 4) is 16.5 Å². The maximum absolute atomic E-state index is 11.8. The molecule has 58 heavy (non-hydrogen) atoms. The molecule has 0 atom stereocenters. The molecule has 3 aromatic heterocycles. The van der Waals surface area contributed by atoms with Gasteiger partial charge in [-0.3, -0.25) is 0 Å². The fourth-order valence-electron chi connectivity index (χ4n) is 5.22. The van der Waals surface area contributed by atoms with Gasteiger partial charge in [0.25, 0.3) is 11.1 Å². The van der Waals surface area contributed by atoms with E-state index in [1.165, 1.54) is 6.07 Å². The van der Waals surface area contributed by atoms with Crippen LogP contribution in [0.1, 0.15) is 78.3 Å².